The Hall–Kier alpha value is -0.791. The minimum atomic E-state index is -0.909. The van der Waals surface area contributed by atoms with Crippen molar-refractivity contribution < 1.29 is 29.7 Å². The van der Waals surface area contributed by atoms with Crippen LogP contribution < -0.4 is 15.3 Å². The number of hydrogen-bond donors (Lipinski definition) is 0. The molecular formula is C54H106O6Sn. The van der Waals surface area contributed by atoms with Crippen LogP contribution in [0.15, 0.2) is 0 Å². The second-order valence-corrected chi connectivity index (χ2v) is 19.3. The summed E-state index contributed by atoms with van der Waals surface area (Å²) in [6, 6.07) is 0. The monoisotopic (exact) mass is 971 g/mol. The number of carbonyl (C=O) groups excluding carboxylic acids is 3. The molecule has 0 fully saturated rings. The van der Waals surface area contributed by atoms with Crippen molar-refractivity contribution in [2.75, 3.05) is 0 Å². The van der Waals surface area contributed by atoms with Crippen LogP contribution in [0.2, 0.25) is 4.44 Å². The molecule has 0 unspecified atom stereocenters. The Kier molecular flexibility index (Phi) is 72.1. The molecule has 0 aliphatic carbocycles. The van der Waals surface area contributed by atoms with Crippen LogP contribution in [0.25, 0.3) is 0 Å². The molecule has 0 rings (SSSR count). The van der Waals surface area contributed by atoms with Gasteiger partial charge in [-0.25, -0.2) is 0 Å². The van der Waals surface area contributed by atoms with Gasteiger partial charge < -0.3 is 29.7 Å². The molecule has 0 aromatic carbocycles. The molecular weight excluding hydrogens is 863 g/mol. The maximum atomic E-state index is 10.1. The zero-order chi connectivity index (χ0) is 46.0. The fourth-order valence-corrected chi connectivity index (χ4v) is 8.13. The molecule has 0 aliphatic rings. The van der Waals surface area contributed by atoms with Crippen LogP contribution in [0.4, 0.5) is 0 Å². The van der Waals surface area contributed by atoms with Crippen molar-refractivity contribution in [3.05, 3.63) is 0 Å². The summed E-state index contributed by atoms with van der Waals surface area (Å²) < 4.78 is 1.46. The molecule has 7 heteroatoms. The van der Waals surface area contributed by atoms with Crippen molar-refractivity contribution in [1.29, 1.82) is 0 Å². The van der Waals surface area contributed by atoms with E-state index in [1.165, 1.54) is 242 Å². The first-order chi connectivity index (χ1) is 29.7. The van der Waals surface area contributed by atoms with E-state index in [1.54, 1.807) is 22.5 Å². The summed E-state index contributed by atoms with van der Waals surface area (Å²) in [7, 11) is 0. The van der Waals surface area contributed by atoms with Gasteiger partial charge in [-0.2, -0.15) is 0 Å². The predicted octanol–water partition coefficient (Wildman–Crippen LogP) is 14.8. The molecule has 0 N–H and O–H groups in total. The normalized spacial score (nSPS) is 10.6. The summed E-state index contributed by atoms with van der Waals surface area (Å²) in [6.07, 6.45) is 57.1. The van der Waals surface area contributed by atoms with E-state index in [2.05, 4.69) is 27.7 Å². The van der Waals surface area contributed by atoms with Crippen molar-refractivity contribution in [3.63, 3.8) is 0 Å². The molecule has 0 aromatic heterocycles. The molecule has 0 atom stereocenters. The van der Waals surface area contributed by atoms with Gasteiger partial charge in [0.25, 0.3) is 0 Å². The van der Waals surface area contributed by atoms with Gasteiger partial charge in [0.15, 0.2) is 0 Å². The third-order valence-electron chi connectivity index (χ3n) is 11.5. The van der Waals surface area contributed by atoms with Crippen molar-refractivity contribution in [3.8, 4) is 0 Å². The Balaban J connectivity index is -0.000000359. The van der Waals surface area contributed by atoms with Crippen molar-refractivity contribution >= 4 is 40.4 Å². The third-order valence-corrected chi connectivity index (χ3v) is 12.5. The number of unbranched alkanes of at least 4 members (excludes halogenated alkanes) is 39. The van der Waals surface area contributed by atoms with Gasteiger partial charge in [-0.3, -0.25) is 0 Å². The number of carbonyl (C=O) groups is 3. The Labute approximate surface area is 395 Å². The first-order valence-electron chi connectivity index (χ1n) is 27.0. The average molecular weight is 970 g/mol. The summed E-state index contributed by atoms with van der Waals surface area (Å²) in [5.41, 5.74) is 0. The second-order valence-electron chi connectivity index (χ2n) is 17.9. The summed E-state index contributed by atoms with van der Waals surface area (Å²) >= 11 is 1.72. The molecule has 0 aromatic rings. The number of rotatable bonds is 46. The van der Waals surface area contributed by atoms with Crippen LogP contribution in [0.1, 0.15) is 323 Å². The predicted molar refractivity (Wildman–Crippen MR) is 261 cm³/mol. The molecule has 0 heterocycles. The standard InChI is InChI=1S/C18H37.3C12H24O2.Sn/c1-3-5-7-9-11-13-15-17-18-16-14-12-10-8-6-4-2;3*1-2-3-4-5-6-7-8-9-10-11-12(13)14;/h1,3-18H2,2H3;3*2-11H2,1H3,(H,13,14);/q;;;;+3/p-3. The van der Waals surface area contributed by atoms with Gasteiger partial charge in [-0.1, -0.05) is 214 Å². The Morgan fingerprint density at radius 1 is 0.246 bits per heavy atom. The molecule has 0 amide bonds. The second kappa shape index (κ2) is 65.8. The van der Waals surface area contributed by atoms with E-state index in [4.69, 9.17) is 0 Å². The topological polar surface area (TPSA) is 120 Å². The molecule has 0 aliphatic heterocycles. The van der Waals surface area contributed by atoms with Crippen molar-refractivity contribution in [2.45, 2.75) is 327 Å². The number of carboxylic acid groups (broad SMARTS) is 3. The van der Waals surface area contributed by atoms with Crippen LogP contribution in [-0.4, -0.2) is 40.4 Å². The first-order valence-corrected chi connectivity index (χ1v) is 29.0. The zero-order valence-corrected chi connectivity index (χ0v) is 44.5. The summed E-state index contributed by atoms with van der Waals surface area (Å²) in [5.74, 6) is -2.73. The van der Waals surface area contributed by atoms with Crippen LogP contribution in [0, 0.1) is 0 Å². The van der Waals surface area contributed by atoms with Gasteiger partial charge >= 0.3 is 97.6 Å². The van der Waals surface area contributed by atoms with Gasteiger partial charge in [0.05, 0.1) is 0 Å². The average Bonchev–Trinajstić information content (AvgIpc) is 3.23. The van der Waals surface area contributed by atoms with Crippen molar-refractivity contribution in [1.82, 2.24) is 0 Å². The number of carboxylic acids is 3. The summed E-state index contributed by atoms with van der Waals surface area (Å²) in [6.45, 7) is 8.96. The van der Waals surface area contributed by atoms with Gasteiger partial charge in [0.1, 0.15) is 0 Å². The van der Waals surface area contributed by atoms with E-state index >= 15 is 0 Å². The first kappa shape index (κ1) is 66.8. The molecule has 362 valence electrons. The minimum absolute atomic E-state index is 0.232. The fraction of sp³-hybridized carbons (Fsp3) is 0.944. The van der Waals surface area contributed by atoms with Crippen molar-refractivity contribution in [2.24, 2.45) is 0 Å². The zero-order valence-electron chi connectivity index (χ0n) is 41.7. The Morgan fingerprint density at radius 2 is 0.377 bits per heavy atom. The molecule has 0 spiro atoms. The van der Waals surface area contributed by atoms with Crippen LogP contribution in [-0.2, 0) is 14.4 Å². The SMILES string of the molecule is CCCCCCCCCCCC(=O)[O-].CCCCCCCCCCCC(=O)[O-].CCCCCCCCCCCC(=O)[O-].CCCCCCCCCCCCCCCCC[CH2][Sn+3]. The Bertz CT molecular complexity index is 714. The van der Waals surface area contributed by atoms with E-state index in [-0.39, 0.29) is 19.3 Å². The summed E-state index contributed by atoms with van der Waals surface area (Å²) in [5, 5.41) is 30.3. The van der Waals surface area contributed by atoms with Gasteiger partial charge in [-0.15, -0.1) is 0 Å². The van der Waals surface area contributed by atoms with E-state index in [0.29, 0.717) is 0 Å². The number of aliphatic carboxylic acids is 3. The molecule has 0 saturated carbocycles. The van der Waals surface area contributed by atoms with Gasteiger partial charge in [-0.05, 0) is 38.5 Å². The fourth-order valence-electron chi connectivity index (χ4n) is 7.41. The van der Waals surface area contributed by atoms with E-state index < -0.39 is 17.9 Å². The molecule has 61 heavy (non-hydrogen) atoms. The van der Waals surface area contributed by atoms with Crippen LogP contribution in [0.5, 0.6) is 0 Å². The van der Waals surface area contributed by atoms with E-state index in [1.807, 2.05) is 0 Å². The maximum absolute atomic E-state index is 10.1. The van der Waals surface area contributed by atoms with E-state index in [9.17, 15) is 29.7 Å². The van der Waals surface area contributed by atoms with Gasteiger partial charge in [0.2, 0.25) is 0 Å². The van der Waals surface area contributed by atoms with Crippen LogP contribution in [0.3, 0.4) is 0 Å². The third kappa shape index (κ3) is 83.4. The van der Waals surface area contributed by atoms with Gasteiger partial charge in [0, 0.05) is 17.9 Å². The Morgan fingerprint density at radius 3 is 0.508 bits per heavy atom. The quantitative estimate of drug-likeness (QED) is 0.0442. The molecule has 0 radical (unpaired) electrons. The summed E-state index contributed by atoms with van der Waals surface area (Å²) in [4.78, 5) is 30.3. The number of hydrogen-bond acceptors (Lipinski definition) is 6. The molecule has 6 nitrogen and oxygen atoms in total. The van der Waals surface area contributed by atoms with E-state index in [0.717, 1.165) is 38.5 Å². The molecule has 0 saturated heterocycles. The van der Waals surface area contributed by atoms with Crippen LogP contribution >= 0.6 is 0 Å². The molecule has 0 bridgehead atoms.